The van der Waals surface area contributed by atoms with Gasteiger partial charge in [-0.25, -0.2) is 4.39 Å². The van der Waals surface area contributed by atoms with E-state index in [2.05, 4.69) is 26.6 Å². The number of nitrogens with one attached hydrogen (secondary N) is 2. The molecular formula is C16H15BrClFN2O. The Labute approximate surface area is 142 Å². The zero-order valence-electron chi connectivity index (χ0n) is 11.9. The van der Waals surface area contributed by atoms with Crippen molar-refractivity contribution in [3.05, 3.63) is 63.3 Å². The van der Waals surface area contributed by atoms with Crippen molar-refractivity contribution < 1.29 is 9.18 Å². The smallest absolute Gasteiger partial charge is 0.238 e. The Morgan fingerprint density at radius 3 is 2.59 bits per heavy atom. The molecule has 6 heteroatoms. The summed E-state index contributed by atoms with van der Waals surface area (Å²) in [5, 5.41) is 6.28. The van der Waals surface area contributed by atoms with Crippen molar-refractivity contribution in [2.75, 3.05) is 11.9 Å². The highest BCUT2D eigenvalue weighted by Crippen LogP contribution is 2.19. The maximum Gasteiger partial charge on any atom is 0.238 e. The van der Waals surface area contributed by atoms with Crippen LogP contribution in [0, 0.1) is 5.82 Å². The second-order valence-electron chi connectivity index (χ2n) is 4.83. The SMILES string of the molecule is C[C@H](NCC(=O)Nc1ccc(Br)cc1F)c1ccc(Cl)cc1. The predicted molar refractivity (Wildman–Crippen MR) is 90.6 cm³/mol. The van der Waals surface area contributed by atoms with Gasteiger partial charge in [0.1, 0.15) is 5.82 Å². The number of anilines is 1. The van der Waals surface area contributed by atoms with Gasteiger partial charge >= 0.3 is 0 Å². The number of carbonyl (C=O) groups is 1. The highest BCUT2D eigenvalue weighted by molar-refractivity contribution is 9.10. The standard InChI is InChI=1S/C16H15BrClFN2O/c1-10(11-2-5-13(18)6-3-11)20-9-16(22)21-15-7-4-12(17)8-14(15)19/h2-8,10,20H,9H2,1H3,(H,21,22)/t10-/m0/s1. The number of benzene rings is 2. The lowest BCUT2D eigenvalue weighted by atomic mass is 10.1. The largest absolute Gasteiger partial charge is 0.322 e. The van der Waals surface area contributed by atoms with E-state index in [1.165, 1.54) is 12.1 Å². The lowest BCUT2D eigenvalue weighted by Gasteiger charge is -2.14. The van der Waals surface area contributed by atoms with E-state index in [1.54, 1.807) is 18.2 Å². The van der Waals surface area contributed by atoms with Gasteiger partial charge in [-0.05, 0) is 42.8 Å². The molecule has 2 aromatic carbocycles. The van der Waals surface area contributed by atoms with Gasteiger partial charge in [-0.15, -0.1) is 0 Å². The van der Waals surface area contributed by atoms with E-state index < -0.39 is 5.82 Å². The second kappa shape index (κ2) is 7.72. The molecule has 0 saturated heterocycles. The molecule has 0 heterocycles. The Morgan fingerprint density at radius 2 is 1.95 bits per heavy atom. The molecule has 0 fully saturated rings. The van der Waals surface area contributed by atoms with Crippen LogP contribution in [0.2, 0.25) is 5.02 Å². The number of rotatable bonds is 5. The van der Waals surface area contributed by atoms with Crippen molar-refractivity contribution in [2.24, 2.45) is 0 Å². The Hall–Kier alpha value is -1.43. The van der Waals surface area contributed by atoms with Crippen LogP contribution in [0.25, 0.3) is 0 Å². The van der Waals surface area contributed by atoms with Crippen LogP contribution in [0.4, 0.5) is 10.1 Å². The highest BCUT2D eigenvalue weighted by Gasteiger charge is 2.10. The van der Waals surface area contributed by atoms with E-state index in [1.807, 2.05) is 19.1 Å². The fourth-order valence-corrected chi connectivity index (χ4v) is 2.36. The van der Waals surface area contributed by atoms with E-state index in [0.717, 1.165) is 5.56 Å². The van der Waals surface area contributed by atoms with Crippen LogP contribution in [-0.2, 0) is 4.79 Å². The van der Waals surface area contributed by atoms with Gasteiger partial charge in [0.05, 0.1) is 12.2 Å². The predicted octanol–water partition coefficient (Wildman–Crippen LogP) is 4.53. The van der Waals surface area contributed by atoms with Gasteiger partial charge in [0.2, 0.25) is 5.91 Å². The molecule has 1 amide bonds. The van der Waals surface area contributed by atoms with Crippen molar-refractivity contribution in [2.45, 2.75) is 13.0 Å². The van der Waals surface area contributed by atoms with Crippen LogP contribution in [0.15, 0.2) is 46.9 Å². The number of amides is 1. The van der Waals surface area contributed by atoms with Crippen molar-refractivity contribution in [1.82, 2.24) is 5.32 Å². The van der Waals surface area contributed by atoms with Crippen molar-refractivity contribution >= 4 is 39.1 Å². The molecule has 1 atom stereocenters. The van der Waals surface area contributed by atoms with Gasteiger partial charge in [0, 0.05) is 15.5 Å². The zero-order valence-corrected chi connectivity index (χ0v) is 14.2. The summed E-state index contributed by atoms with van der Waals surface area (Å²) in [5.41, 5.74) is 1.18. The first-order valence-electron chi connectivity index (χ1n) is 6.69. The Kier molecular flexibility index (Phi) is 5.94. The molecule has 0 spiro atoms. The van der Waals surface area contributed by atoms with Crippen LogP contribution < -0.4 is 10.6 Å². The minimum atomic E-state index is -0.478. The normalized spacial score (nSPS) is 12.0. The summed E-state index contributed by atoms with van der Waals surface area (Å²) in [6.07, 6.45) is 0. The van der Waals surface area contributed by atoms with E-state index in [0.29, 0.717) is 9.50 Å². The summed E-state index contributed by atoms with van der Waals surface area (Å²) in [7, 11) is 0. The summed E-state index contributed by atoms with van der Waals surface area (Å²) < 4.78 is 14.3. The molecule has 3 nitrogen and oxygen atoms in total. The number of hydrogen-bond acceptors (Lipinski definition) is 2. The fraction of sp³-hybridized carbons (Fsp3) is 0.188. The minimum absolute atomic E-state index is 0.0159. The van der Waals surface area contributed by atoms with Crippen LogP contribution in [-0.4, -0.2) is 12.5 Å². The Balaban J connectivity index is 1.88. The number of hydrogen-bond donors (Lipinski definition) is 2. The third kappa shape index (κ3) is 4.80. The van der Waals surface area contributed by atoms with E-state index >= 15 is 0 Å². The number of carbonyl (C=O) groups excluding carboxylic acids is 1. The summed E-state index contributed by atoms with van der Waals surface area (Å²) in [6, 6.07) is 11.9. The van der Waals surface area contributed by atoms with Gasteiger partial charge in [-0.2, -0.15) is 0 Å². The first kappa shape index (κ1) is 16.9. The monoisotopic (exact) mass is 384 g/mol. The van der Waals surface area contributed by atoms with Gasteiger partial charge in [-0.1, -0.05) is 39.7 Å². The molecular weight excluding hydrogens is 371 g/mol. The molecule has 0 bridgehead atoms. The highest BCUT2D eigenvalue weighted by atomic mass is 79.9. The molecule has 0 unspecified atom stereocenters. The van der Waals surface area contributed by atoms with Crippen molar-refractivity contribution in [1.29, 1.82) is 0 Å². The lowest BCUT2D eigenvalue weighted by molar-refractivity contribution is -0.115. The van der Waals surface area contributed by atoms with Crippen molar-refractivity contribution in [3.63, 3.8) is 0 Å². The maximum absolute atomic E-state index is 13.6. The van der Waals surface area contributed by atoms with E-state index in [-0.39, 0.29) is 24.2 Å². The molecule has 2 aromatic rings. The molecule has 2 rings (SSSR count). The first-order valence-corrected chi connectivity index (χ1v) is 7.86. The molecule has 0 saturated carbocycles. The van der Waals surface area contributed by atoms with Crippen LogP contribution in [0.3, 0.4) is 0 Å². The van der Waals surface area contributed by atoms with E-state index in [9.17, 15) is 9.18 Å². The van der Waals surface area contributed by atoms with Gasteiger partial charge < -0.3 is 10.6 Å². The maximum atomic E-state index is 13.6. The third-order valence-electron chi connectivity index (χ3n) is 3.14. The summed E-state index contributed by atoms with van der Waals surface area (Å²) in [4.78, 5) is 11.9. The van der Waals surface area contributed by atoms with Gasteiger partial charge in [0.15, 0.2) is 0 Å². The summed E-state index contributed by atoms with van der Waals surface area (Å²) in [6.45, 7) is 2.02. The third-order valence-corrected chi connectivity index (χ3v) is 3.89. The number of halogens is 3. The molecule has 0 aliphatic carbocycles. The quantitative estimate of drug-likeness (QED) is 0.794. The van der Waals surface area contributed by atoms with Gasteiger partial charge in [0.25, 0.3) is 0 Å². The van der Waals surface area contributed by atoms with E-state index in [4.69, 9.17) is 11.6 Å². The second-order valence-corrected chi connectivity index (χ2v) is 6.18. The van der Waals surface area contributed by atoms with Crippen LogP contribution in [0.1, 0.15) is 18.5 Å². The fourth-order valence-electron chi connectivity index (χ4n) is 1.90. The van der Waals surface area contributed by atoms with Gasteiger partial charge in [-0.3, -0.25) is 4.79 Å². The zero-order chi connectivity index (χ0) is 16.1. The molecule has 0 aromatic heterocycles. The topological polar surface area (TPSA) is 41.1 Å². The summed E-state index contributed by atoms with van der Waals surface area (Å²) in [5.74, 6) is -0.782. The summed E-state index contributed by atoms with van der Waals surface area (Å²) >= 11 is 9.01. The first-order chi connectivity index (χ1) is 10.5. The average molecular weight is 386 g/mol. The molecule has 22 heavy (non-hydrogen) atoms. The van der Waals surface area contributed by atoms with Crippen molar-refractivity contribution in [3.8, 4) is 0 Å². The molecule has 0 aliphatic rings. The molecule has 116 valence electrons. The molecule has 2 N–H and O–H groups in total. The van der Waals surface area contributed by atoms with Crippen LogP contribution in [0.5, 0.6) is 0 Å². The Morgan fingerprint density at radius 1 is 1.27 bits per heavy atom. The lowest BCUT2D eigenvalue weighted by Crippen LogP contribution is -2.30. The van der Waals surface area contributed by atoms with Crippen LogP contribution >= 0.6 is 27.5 Å². The minimum Gasteiger partial charge on any atom is -0.322 e. The Bertz CT molecular complexity index is 664. The molecule has 0 radical (unpaired) electrons. The average Bonchev–Trinajstić information content (AvgIpc) is 2.48. The molecule has 0 aliphatic heterocycles.